The van der Waals surface area contributed by atoms with E-state index in [2.05, 4.69) is 41.7 Å². The molecule has 0 spiro atoms. The first kappa shape index (κ1) is 45.6. The number of pyridine rings is 1. The summed E-state index contributed by atoms with van der Waals surface area (Å²) in [6, 6.07) is 12.8. The van der Waals surface area contributed by atoms with Crippen LogP contribution in [0.5, 0.6) is 11.5 Å². The van der Waals surface area contributed by atoms with Gasteiger partial charge in [0.05, 0.1) is 36.7 Å². The van der Waals surface area contributed by atoms with Crippen molar-refractivity contribution in [2.45, 2.75) is 99.6 Å². The third-order valence-corrected chi connectivity index (χ3v) is 13.4. The fourth-order valence-electron chi connectivity index (χ4n) is 7.85. The van der Waals surface area contributed by atoms with Gasteiger partial charge >= 0.3 is 6.09 Å². The van der Waals surface area contributed by atoms with Gasteiger partial charge < -0.3 is 29.7 Å². The topological polar surface area (TPSA) is 182 Å². The van der Waals surface area contributed by atoms with Gasteiger partial charge in [0, 0.05) is 41.0 Å². The summed E-state index contributed by atoms with van der Waals surface area (Å²) in [4.78, 5) is 62.5. The number of carbonyl (C=O) groups is 4. The largest absolute Gasteiger partial charge is 0.496 e. The lowest BCUT2D eigenvalue weighted by Gasteiger charge is -2.29. The first-order valence-corrected chi connectivity index (χ1v) is 22.8. The van der Waals surface area contributed by atoms with Crippen LogP contribution in [0.15, 0.2) is 93.1 Å². The lowest BCUT2D eigenvalue weighted by molar-refractivity contribution is -0.141. The molecule has 0 bridgehead atoms. The van der Waals surface area contributed by atoms with E-state index >= 15 is 0 Å². The number of alkyl carbamates (subject to hydrolysis) is 1. The Bertz CT molecular complexity index is 2300. The molecule has 2 aliphatic carbocycles. The van der Waals surface area contributed by atoms with E-state index in [1.807, 2.05) is 48.5 Å². The molecule has 3 fully saturated rings. The zero-order chi connectivity index (χ0) is 44.4. The van der Waals surface area contributed by atoms with Gasteiger partial charge in [-0.3, -0.25) is 19.1 Å². The van der Waals surface area contributed by atoms with Crippen LogP contribution in [0.4, 0.5) is 4.79 Å². The number of benzene rings is 2. The van der Waals surface area contributed by atoms with E-state index in [9.17, 15) is 27.6 Å². The summed E-state index contributed by atoms with van der Waals surface area (Å²) in [6.07, 6.45) is 10.7. The molecule has 3 aromatic rings. The molecule has 2 saturated carbocycles. The Hall–Kier alpha value is -5.96. The second-order valence-electron chi connectivity index (χ2n) is 16.0. The van der Waals surface area contributed by atoms with Crippen LogP contribution in [0.2, 0.25) is 0 Å². The van der Waals surface area contributed by atoms with Gasteiger partial charge in [0.25, 0.3) is 5.91 Å². The highest BCUT2D eigenvalue weighted by Crippen LogP contribution is 2.46. The number of nitrogens with one attached hydrogen (secondary N) is 3. The molecule has 14 nitrogen and oxygen atoms in total. The average Bonchev–Trinajstić information content (AvgIpc) is 4.21. The summed E-state index contributed by atoms with van der Waals surface area (Å²) in [5, 5.41) is 5.57. The number of sulfonamides is 1. The Kier molecular flexibility index (Phi) is 14.9. The molecule has 15 heteroatoms. The molecule has 2 heterocycles. The highest BCUT2D eigenvalue weighted by Gasteiger charge is 2.62. The number of nitrogens with zero attached hydrogens (tertiary/aromatic N) is 2. The number of methoxy groups -OCH3 is 1. The summed E-state index contributed by atoms with van der Waals surface area (Å²) in [6.45, 7) is 15.3. The molecule has 4 amide bonds. The number of amides is 4. The van der Waals surface area contributed by atoms with Crippen LogP contribution >= 0.6 is 0 Å². The fraction of sp³-hybridized carbons (Fsp3) is 0.426. The summed E-state index contributed by atoms with van der Waals surface area (Å²) in [7, 11) is -2.37. The van der Waals surface area contributed by atoms with Crippen molar-refractivity contribution in [1.29, 1.82) is 0 Å². The van der Waals surface area contributed by atoms with Crippen molar-refractivity contribution >= 4 is 50.8 Å². The van der Waals surface area contributed by atoms with Crippen molar-refractivity contribution in [2.75, 3.05) is 20.3 Å². The number of likely N-dealkylation sites (tertiary alicyclic amines) is 1. The molecule has 1 aromatic heterocycles. The number of carbonyl (C=O) groups excluding carboxylic acids is 4. The third-order valence-electron chi connectivity index (χ3n) is 11.6. The zero-order valence-electron chi connectivity index (χ0n) is 35.3. The summed E-state index contributed by atoms with van der Waals surface area (Å²) in [5.41, 5.74) is 1.14. The summed E-state index contributed by atoms with van der Waals surface area (Å²) < 4.78 is 45.7. The second kappa shape index (κ2) is 20.3. The molecule has 2 aromatic carbocycles. The number of rotatable bonds is 23. The van der Waals surface area contributed by atoms with E-state index in [1.165, 1.54) is 11.0 Å². The maximum Gasteiger partial charge on any atom is 0.407 e. The quantitative estimate of drug-likeness (QED) is 0.0680. The van der Waals surface area contributed by atoms with Crippen LogP contribution in [0.25, 0.3) is 28.2 Å². The average molecular weight is 868 g/mol. The molecule has 5 atom stereocenters. The Morgan fingerprint density at radius 1 is 0.968 bits per heavy atom. The standard InChI is InChI=1S/C47H57N5O9S/c1-6-10-12-13-17-21-37(49-46(56)60-24-18-11-7-2)44(54)52-30-34(26-40(52)43(53)50-47(29-33(47)9-4)45(55)51-62(57,58)35-22-23-35)61-42-27-38(32-19-15-14-16-20-32)48-39-28-41(59-5)31(8-3)25-36(39)42/h6-9,14-16,19-20,25,27-28,33-35,37,40H,1-4,10-13,17-18,21-24,26,29-30H2,5H3,(H,49,56)(H,50,53)(H,51,55)/t33-,34-,37+,40+,47-/m1/s1. The van der Waals surface area contributed by atoms with Crippen LogP contribution < -0.4 is 24.8 Å². The minimum absolute atomic E-state index is 0.00140. The van der Waals surface area contributed by atoms with E-state index in [1.54, 1.807) is 25.3 Å². The summed E-state index contributed by atoms with van der Waals surface area (Å²) >= 11 is 0. The SMILES string of the molecule is C=CCCCCC[C@H](NC(=O)OCCCC=C)C(=O)N1C[C@H](Oc2cc(-c3ccccc3)nc3cc(OC)c(C=C)cc23)C[C@H]1C(=O)N[C@]1(C(=O)NS(=O)(=O)C2CC2)C[C@H]1C=C. The maximum atomic E-state index is 14.8. The first-order chi connectivity index (χ1) is 29.9. The van der Waals surface area contributed by atoms with Gasteiger partial charge in [-0.05, 0) is 57.4 Å². The van der Waals surface area contributed by atoms with E-state index in [-0.39, 0.29) is 32.4 Å². The Labute approximate surface area is 363 Å². The lowest BCUT2D eigenvalue weighted by atomic mass is 10.0. The Balaban J connectivity index is 1.34. The number of allylic oxidation sites excluding steroid dienone is 2. The molecule has 6 rings (SSSR count). The molecular weight excluding hydrogens is 811 g/mol. The molecule has 62 heavy (non-hydrogen) atoms. The van der Waals surface area contributed by atoms with E-state index in [4.69, 9.17) is 19.2 Å². The minimum Gasteiger partial charge on any atom is -0.496 e. The zero-order valence-corrected chi connectivity index (χ0v) is 36.1. The predicted molar refractivity (Wildman–Crippen MR) is 239 cm³/mol. The van der Waals surface area contributed by atoms with Crippen molar-refractivity contribution < 1.29 is 41.8 Å². The van der Waals surface area contributed by atoms with Gasteiger partial charge in [-0.15, -0.1) is 19.7 Å². The van der Waals surface area contributed by atoms with Crippen molar-refractivity contribution in [3.8, 4) is 22.8 Å². The van der Waals surface area contributed by atoms with Crippen LogP contribution in [-0.2, 0) is 29.1 Å². The number of hydrogen-bond acceptors (Lipinski definition) is 10. The van der Waals surface area contributed by atoms with Crippen LogP contribution in [0, 0.1) is 5.92 Å². The fourth-order valence-corrected chi connectivity index (χ4v) is 9.22. The molecule has 330 valence electrons. The predicted octanol–water partition coefficient (Wildman–Crippen LogP) is 6.77. The Morgan fingerprint density at radius 2 is 1.71 bits per heavy atom. The van der Waals surface area contributed by atoms with Crippen molar-refractivity contribution in [3.05, 3.63) is 98.6 Å². The van der Waals surface area contributed by atoms with E-state index in [0.29, 0.717) is 65.8 Å². The number of fused-ring (bicyclic) bond motifs is 1. The third kappa shape index (κ3) is 10.7. The first-order valence-electron chi connectivity index (χ1n) is 21.2. The summed E-state index contributed by atoms with van der Waals surface area (Å²) in [5.74, 6) is -1.60. The molecule has 3 N–H and O–H groups in total. The van der Waals surface area contributed by atoms with Gasteiger partial charge in [0.15, 0.2) is 0 Å². The maximum absolute atomic E-state index is 14.8. The lowest BCUT2D eigenvalue weighted by Crippen LogP contribution is -2.58. The monoisotopic (exact) mass is 867 g/mol. The van der Waals surface area contributed by atoms with E-state index in [0.717, 1.165) is 24.8 Å². The molecule has 0 unspecified atom stereocenters. The van der Waals surface area contributed by atoms with Gasteiger partial charge in [0.2, 0.25) is 21.8 Å². The highest BCUT2D eigenvalue weighted by atomic mass is 32.2. The van der Waals surface area contributed by atoms with Crippen LogP contribution in [-0.4, -0.2) is 91.4 Å². The smallest absolute Gasteiger partial charge is 0.407 e. The number of aromatic nitrogens is 1. The highest BCUT2D eigenvalue weighted by molar-refractivity contribution is 7.91. The number of hydrogen-bond donors (Lipinski definition) is 3. The van der Waals surface area contributed by atoms with Gasteiger partial charge in [-0.2, -0.15) is 0 Å². The minimum atomic E-state index is -3.93. The molecule has 0 radical (unpaired) electrons. The second-order valence-corrected chi connectivity index (χ2v) is 18.0. The molecule has 1 aliphatic heterocycles. The normalized spacial score (nSPS) is 20.9. The van der Waals surface area contributed by atoms with E-state index < -0.39 is 68.7 Å². The van der Waals surface area contributed by atoms with Gasteiger partial charge in [-0.25, -0.2) is 18.2 Å². The van der Waals surface area contributed by atoms with Crippen molar-refractivity contribution in [3.63, 3.8) is 0 Å². The van der Waals surface area contributed by atoms with Crippen molar-refractivity contribution in [2.24, 2.45) is 5.92 Å². The van der Waals surface area contributed by atoms with Gasteiger partial charge in [-0.1, -0.05) is 74.1 Å². The number of unbranched alkanes of at least 4 members (excludes halogenated alkanes) is 4. The number of ether oxygens (including phenoxy) is 3. The van der Waals surface area contributed by atoms with Crippen molar-refractivity contribution in [1.82, 2.24) is 25.2 Å². The van der Waals surface area contributed by atoms with Crippen LogP contribution in [0.1, 0.15) is 76.2 Å². The van der Waals surface area contributed by atoms with Crippen LogP contribution in [0.3, 0.4) is 0 Å². The van der Waals surface area contributed by atoms with Gasteiger partial charge in [0.1, 0.15) is 35.2 Å². The Morgan fingerprint density at radius 3 is 2.37 bits per heavy atom. The molecule has 1 saturated heterocycles. The molecular formula is C47H57N5O9S. The molecule has 3 aliphatic rings.